The normalized spacial score (nSPS) is 12.9. The van der Waals surface area contributed by atoms with Gasteiger partial charge in [0.2, 0.25) is 0 Å². The van der Waals surface area contributed by atoms with Crippen molar-refractivity contribution in [2.24, 2.45) is 0 Å². The maximum absolute atomic E-state index is 14.2. The predicted molar refractivity (Wildman–Crippen MR) is 150 cm³/mol. The molecule has 0 fully saturated rings. The minimum absolute atomic E-state index is 0.0956. The van der Waals surface area contributed by atoms with E-state index >= 15 is 0 Å². The van der Waals surface area contributed by atoms with Crippen LogP contribution in [0.1, 0.15) is 40.0 Å². The van der Waals surface area contributed by atoms with Crippen LogP contribution in [-0.2, 0) is 13.0 Å². The summed E-state index contributed by atoms with van der Waals surface area (Å²) in [5.41, 5.74) is 10.3. The fourth-order valence-electron chi connectivity index (χ4n) is 5.70. The molecule has 2 aromatic heterocycles. The summed E-state index contributed by atoms with van der Waals surface area (Å²) in [5, 5.41) is 3.27. The summed E-state index contributed by atoms with van der Waals surface area (Å²) in [7, 11) is 1.67. The number of para-hydroxylation sites is 1. The summed E-state index contributed by atoms with van der Waals surface area (Å²) < 4.78 is 9.95. The zero-order valence-corrected chi connectivity index (χ0v) is 21.5. The number of anilines is 1. The van der Waals surface area contributed by atoms with E-state index in [0.29, 0.717) is 5.69 Å². The zero-order valence-electron chi connectivity index (χ0n) is 21.5. The van der Waals surface area contributed by atoms with Gasteiger partial charge < -0.3 is 14.6 Å². The van der Waals surface area contributed by atoms with Crippen molar-refractivity contribution in [2.45, 2.75) is 39.7 Å². The van der Waals surface area contributed by atoms with Crippen molar-refractivity contribution in [3.05, 3.63) is 101 Å². The smallest absolute Gasteiger partial charge is 0.273 e. The highest BCUT2D eigenvalue weighted by Gasteiger charge is 2.30. The van der Waals surface area contributed by atoms with Gasteiger partial charge in [-0.3, -0.25) is 9.20 Å². The molecule has 0 bridgehead atoms. The molecule has 1 amide bonds. The number of ether oxygens (including phenoxy) is 1. The topological polar surface area (TPSA) is 47.7 Å². The van der Waals surface area contributed by atoms with E-state index in [1.165, 1.54) is 5.56 Å². The molecule has 37 heavy (non-hydrogen) atoms. The number of carbonyl (C=O) groups is 1. The van der Waals surface area contributed by atoms with Crippen LogP contribution >= 0.6 is 0 Å². The third-order valence-electron chi connectivity index (χ3n) is 7.52. The number of rotatable bonds is 5. The van der Waals surface area contributed by atoms with Crippen LogP contribution in [0.2, 0.25) is 0 Å². The second-order valence-electron chi connectivity index (χ2n) is 9.83. The van der Waals surface area contributed by atoms with Crippen molar-refractivity contribution >= 4 is 17.2 Å². The van der Waals surface area contributed by atoms with Gasteiger partial charge in [0.15, 0.2) is 0 Å². The van der Waals surface area contributed by atoms with Crippen LogP contribution in [0.3, 0.4) is 0 Å². The van der Waals surface area contributed by atoms with Gasteiger partial charge in [-0.05, 0) is 67.5 Å². The first-order chi connectivity index (χ1) is 18.1. The van der Waals surface area contributed by atoms with Crippen LogP contribution < -0.4 is 10.1 Å². The summed E-state index contributed by atoms with van der Waals surface area (Å²) in [6, 6.07) is 24.6. The summed E-state index contributed by atoms with van der Waals surface area (Å²) >= 11 is 0. The van der Waals surface area contributed by atoms with Crippen molar-refractivity contribution in [3.8, 4) is 28.1 Å². The monoisotopic (exact) mass is 489 g/mol. The molecule has 6 rings (SSSR count). The van der Waals surface area contributed by atoms with Crippen LogP contribution in [0.15, 0.2) is 79.0 Å². The molecule has 0 saturated carbocycles. The van der Waals surface area contributed by atoms with Crippen molar-refractivity contribution in [1.29, 1.82) is 0 Å². The minimum atomic E-state index is -0.0956. The van der Waals surface area contributed by atoms with Gasteiger partial charge in [-0.15, -0.1) is 0 Å². The highest BCUT2D eigenvalue weighted by molar-refractivity contribution is 6.10. The van der Waals surface area contributed by atoms with Gasteiger partial charge in [0, 0.05) is 29.6 Å². The Morgan fingerprint density at radius 2 is 1.59 bits per heavy atom. The number of benzene rings is 3. The lowest BCUT2D eigenvalue weighted by Gasteiger charge is -2.13. The number of carbonyl (C=O) groups excluding carboxylic acids is 1. The van der Waals surface area contributed by atoms with Gasteiger partial charge in [-0.25, -0.2) is 0 Å². The Kier molecular flexibility index (Phi) is 5.84. The first-order valence-corrected chi connectivity index (χ1v) is 12.9. The molecule has 0 aliphatic carbocycles. The molecule has 0 saturated heterocycles. The number of hydrogen-bond donors (Lipinski definition) is 1. The Morgan fingerprint density at radius 3 is 2.30 bits per heavy atom. The number of aryl methyl sites for hydroxylation is 4. The van der Waals surface area contributed by atoms with E-state index < -0.39 is 0 Å². The molecule has 0 spiro atoms. The van der Waals surface area contributed by atoms with E-state index in [1.807, 2.05) is 50.2 Å². The highest BCUT2D eigenvalue weighted by Crippen LogP contribution is 2.40. The van der Waals surface area contributed by atoms with Crippen LogP contribution in [0.5, 0.6) is 5.75 Å². The lowest BCUT2D eigenvalue weighted by Crippen LogP contribution is -2.16. The van der Waals surface area contributed by atoms with E-state index in [2.05, 4.69) is 56.9 Å². The van der Waals surface area contributed by atoms with Gasteiger partial charge in [0.25, 0.3) is 5.91 Å². The van der Waals surface area contributed by atoms with Crippen LogP contribution in [0.25, 0.3) is 28.0 Å². The molecule has 5 aromatic rings. The lowest BCUT2D eigenvalue weighted by molar-refractivity contribution is 0.102. The molecule has 5 nitrogen and oxygen atoms in total. The second kappa shape index (κ2) is 9.32. The molecule has 186 valence electrons. The molecule has 3 heterocycles. The van der Waals surface area contributed by atoms with E-state index in [1.54, 1.807) is 7.11 Å². The third-order valence-corrected chi connectivity index (χ3v) is 7.52. The molecule has 3 aromatic carbocycles. The van der Waals surface area contributed by atoms with Crippen molar-refractivity contribution < 1.29 is 9.53 Å². The van der Waals surface area contributed by atoms with E-state index in [4.69, 9.17) is 4.74 Å². The number of nitrogens with zero attached hydrogens (tertiary/aromatic N) is 2. The SMILES string of the molecule is COc1ccc(-c2c3c4n(c(-c5ccccc5)cn4c2C(=O)Nc2c(C)cccc2C)CCCC3)cc1. The molecular formula is C32H31N3O2. The average molecular weight is 490 g/mol. The minimum Gasteiger partial charge on any atom is -0.497 e. The van der Waals surface area contributed by atoms with Gasteiger partial charge in [-0.1, -0.05) is 60.7 Å². The van der Waals surface area contributed by atoms with Gasteiger partial charge in [0.1, 0.15) is 17.1 Å². The molecule has 1 N–H and O–H groups in total. The van der Waals surface area contributed by atoms with Crippen molar-refractivity contribution in [1.82, 2.24) is 8.97 Å². The molecule has 0 atom stereocenters. The number of nitrogens with one attached hydrogen (secondary N) is 1. The largest absolute Gasteiger partial charge is 0.497 e. The maximum atomic E-state index is 14.2. The first kappa shape index (κ1) is 23.2. The van der Waals surface area contributed by atoms with Gasteiger partial charge in [0.05, 0.1) is 12.8 Å². The molecular weight excluding hydrogens is 458 g/mol. The van der Waals surface area contributed by atoms with E-state index in [-0.39, 0.29) is 5.91 Å². The Labute approximate surface area is 217 Å². The fraction of sp³-hybridized carbons (Fsp3) is 0.219. The third kappa shape index (κ3) is 3.91. The van der Waals surface area contributed by atoms with Gasteiger partial charge in [-0.2, -0.15) is 0 Å². The van der Waals surface area contributed by atoms with Crippen molar-refractivity contribution in [3.63, 3.8) is 0 Å². The molecule has 1 aliphatic rings. The van der Waals surface area contributed by atoms with Crippen LogP contribution in [0, 0.1) is 13.8 Å². The number of aromatic nitrogens is 2. The van der Waals surface area contributed by atoms with Crippen LogP contribution in [-0.4, -0.2) is 22.0 Å². The van der Waals surface area contributed by atoms with Gasteiger partial charge >= 0.3 is 0 Å². The summed E-state index contributed by atoms with van der Waals surface area (Å²) in [6.45, 7) is 5.00. The Morgan fingerprint density at radius 1 is 0.865 bits per heavy atom. The molecule has 1 aliphatic heterocycles. The van der Waals surface area contributed by atoms with E-state index in [0.717, 1.165) is 76.4 Å². The first-order valence-electron chi connectivity index (χ1n) is 12.9. The predicted octanol–water partition coefficient (Wildman–Crippen LogP) is 7.29. The zero-order chi connectivity index (χ0) is 25.5. The number of imidazole rings is 1. The average Bonchev–Trinajstić information content (AvgIpc) is 3.34. The number of methoxy groups -OCH3 is 1. The Bertz CT molecular complexity index is 1590. The Hall–Kier alpha value is -4.25. The summed E-state index contributed by atoms with van der Waals surface area (Å²) in [6.07, 6.45) is 5.26. The standard InChI is InChI=1S/C32H31N3O2/c1-21-10-9-11-22(2)29(21)33-31(36)30-28(24-15-17-25(37-3)18-16-24)26-14-7-8-19-34-27(20-35(30)32(26)34)23-12-5-4-6-13-23/h4-6,9-13,15-18,20H,7-8,14,19H2,1-3H3,(H,33,36). The second-order valence-corrected chi connectivity index (χ2v) is 9.83. The highest BCUT2D eigenvalue weighted by atomic mass is 16.5. The summed E-state index contributed by atoms with van der Waals surface area (Å²) in [4.78, 5) is 14.2. The number of amides is 1. The molecule has 0 radical (unpaired) electrons. The maximum Gasteiger partial charge on any atom is 0.273 e. The summed E-state index contributed by atoms with van der Waals surface area (Å²) in [5.74, 6) is 0.706. The van der Waals surface area contributed by atoms with Crippen molar-refractivity contribution in [2.75, 3.05) is 12.4 Å². The van der Waals surface area contributed by atoms with Crippen LogP contribution in [0.4, 0.5) is 5.69 Å². The number of hydrogen-bond acceptors (Lipinski definition) is 2. The van der Waals surface area contributed by atoms with E-state index in [9.17, 15) is 4.79 Å². The molecule has 0 unspecified atom stereocenters. The molecule has 5 heteroatoms. The Balaban J connectivity index is 1.61. The fourth-order valence-corrected chi connectivity index (χ4v) is 5.70. The quantitative estimate of drug-likeness (QED) is 0.282. The lowest BCUT2D eigenvalue weighted by atomic mass is 9.97.